The maximum Gasteiger partial charge on any atom is 0.260 e. The predicted molar refractivity (Wildman–Crippen MR) is 94.2 cm³/mol. The number of nitrogens with zero attached hydrogens (tertiary/aromatic N) is 5. The van der Waals surface area contributed by atoms with Crippen LogP contribution >= 0.6 is 11.6 Å². The smallest absolute Gasteiger partial charge is 0.260 e. The molecule has 0 spiro atoms. The van der Waals surface area contributed by atoms with Crippen molar-refractivity contribution < 1.29 is 4.79 Å². The van der Waals surface area contributed by atoms with E-state index in [1.807, 2.05) is 11.6 Å². The average Bonchev–Trinajstić information content (AvgIpc) is 3.19. The molecule has 7 nitrogen and oxygen atoms in total. The molecule has 0 bridgehead atoms. The van der Waals surface area contributed by atoms with E-state index in [0.717, 1.165) is 25.1 Å². The van der Waals surface area contributed by atoms with Crippen LogP contribution in [-0.4, -0.2) is 30.5 Å². The molecule has 1 amide bonds. The highest BCUT2D eigenvalue weighted by molar-refractivity contribution is 6.32. The molecule has 3 aromatic rings. The zero-order valence-corrected chi connectivity index (χ0v) is 14.4. The van der Waals surface area contributed by atoms with Gasteiger partial charge >= 0.3 is 0 Å². The molecule has 1 N–H and O–H groups in total. The van der Waals surface area contributed by atoms with Gasteiger partial charge in [0.05, 0.1) is 22.5 Å². The van der Waals surface area contributed by atoms with Gasteiger partial charge in [0.2, 0.25) is 0 Å². The second-order valence-electron chi connectivity index (χ2n) is 5.94. The maximum atomic E-state index is 12.7. The Morgan fingerprint density at radius 3 is 2.96 bits per heavy atom. The molecular weight excluding hydrogens is 340 g/mol. The van der Waals surface area contributed by atoms with Crippen molar-refractivity contribution in [1.29, 1.82) is 0 Å². The van der Waals surface area contributed by atoms with Gasteiger partial charge in [-0.25, -0.2) is 9.67 Å². The van der Waals surface area contributed by atoms with Crippen molar-refractivity contribution in [2.24, 2.45) is 0 Å². The largest absolute Gasteiger partial charge is 0.305 e. The van der Waals surface area contributed by atoms with Crippen molar-refractivity contribution in [2.45, 2.75) is 32.2 Å². The van der Waals surface area contributed by atoms with Crippen LogP contribution in [0.2, 0.25) is 5.02 Å². The number of hydrogen-bond donors (Lipinski definition) is 1. The minimum absolute atomic E-state index is 0.195. The first-order valence-electron chi connectivity index (χ1n) is 8.21. The van der Waals surface area contributed by atoms with Crippen LogP contribution < -0.4 is 5.32 Å². The van der Waals surface area contributed by atoms with E-state index >= 15 is 0 Å². The number of anilines is 1. The van der Waals surface area contributed by atoms with E-state index in [-0.39, 0.29) is 5.91 Å². The lowest BCUT2D eigenvalue weighted by Gasteiger charge is -2.06. The standard InChI is InChI=1S/C17H17ClN6O/c1-2-23-15(11-5-6-11)12(10-20-23)17(25)21-14-7-9-24(22-14)16-13(18)4-3-8-19-16/h3-4,7-11H,2,5-6H2,1H3,(H,21,22,25). The molecular formula is C17H17ClN6O. The number of carbonyl (C=O) groups is 1. The summed E-state index contributed by atoms with van der Waals surface area (Å²) in [5, 5.41) is 12.0. The van der Waals surface area contributed by atoms with E-state index in [1.165, 1.54) is 4.68 Å². The molecule has 0 aliphatic heterocycles. The van der Waals surface area contributed by atoms with Gasteiger partial charge in [-0.05, 0) is 31.9 Å². The summed E-state index contributed by atoms with van der Waals surface area (Å²) >= 11 is 6.13. The number of halogens is 1. The highest BCUT2D eigenvalue weighted by Crippen LogP contribution is 2.41. The lowest BCUT2D eigenvalue weighted by molar-refractivity contribution is 0.102. The van der Waals surface area contributed by atoms with Crippen LogP contribution in [0.1, 0.15) is 41.7 Å². The minimum atomic E-state index is -0.195. The SMILES string of the molecule is CCn1ncc(C(=O)Nc2ccn(-c3ncccc3Cl)n2)c1C1CC1. The molecule has 3 aromatic heterocycles. The van der Waals surface area contributed by atoms with E-state index in [9.17, 15) is 4.79 Å². The number of aryl methyl sites for hydroxylation is 1. The zero-order valence-electron chi connectivity index (χ0n) is 13.7. The van der Waals surface area contributed by atoms with Gasteiger partial charge in [-0.1, -0.05) is 11.6 Å². The number of aromatic nitrogens is 5. The first kappa shape index (κ1) is 15.8. The molecule has 0 aromatic carbocycles. The van der Waals surface area contributed by atoms with Gasteiger partial charge in [0, 0.05) is 30.9 Å². The summed E-state index contributed by atoms with van der Waals surface area (Å²) < 4.78 is 3.44. The van der Waals surface area contributed by atoms with E-state index in [1.54, 1.807) is 36.8 Å². The van der Waals surface area contributed by atoms with Crippen LogP contribution in [0.3, 0.4) is 0 Å². The minimum Gasteiger partial charge on any atom is -0.305 e. The predicted octanol–water partition coefficient (Wildman–Crippen LogP) is 3.27. The molecule has 0 atom stereocenters. The molecule has 4 rings (SSSR count). The Hall–Kier alpha value is -2.67. The van der Waals surface area contributed by atoms with Gasteiger partial charge in [-0.3, -0.25) is 9.48 Å². The number of pyridine rings is 1. The van der Waals surface area contributed by atoms with Crippen molar-refractivity contribution in [3.8, 4) is 5.82 Å². The fourth-order valence-electron chi connectivity index (χ4n) is 2.85. The third kappa shape index (κ3) is 3.02. The van der Waals surface area contributed by atoms with Gasteiger partial charge in [-0.2, -0.15) is 5.10 Å². The summed E-state index contributed by atoms with van der Waals surface area (Å²) in [7, 11) is 0. The van der Waals surface area contributed by atoms with Crippen LogP contribution in [-0.2, 0) is 6.54 Å². The van der Waals surface area contributed by atoms with Crippen molar-refractivity contribution in [2.75, 3.05) is 5.32 Å². The van der Waals surface area contributed by atoms with E-state index in [2.05, 4.69) is 20.5 Å². The first-order chi connectivity index (χ1) is 12.2. The number of hydrogen-bond acceptors (Lipinski definition) is 4. The second-order valence-corrected chi connectivity index (χ2v) is 6.35. The molecule has 128 valence electrons. The Kier molecular flexibility index (Phi) is 4.01. The molecule has 1 fully saturated rings. The quantitative estimate of drug-likeness (QED) is 0.761. The van der Waals surface area contributed by atoms with Crippen molar-refractivity contribution in [3.05, 3.63) is 53.1 Å². The molecule has 25 heavy (non-hydrogen) atoms. The van der Waals surface area contributed by atoms with Crippen molar-refractivity contribution in [1.82, 2.24) is 24.5 Å². The van der Waals surface area contributed by atoms with Gasteiger partial charge in [0.1, 0.15) is 0 Å². The molecule has 0 unspecified atom stereocenters. The van der Waals surface area contributed by atoms with Gasteiger partial charge < -0.3 is 5.32 Å². The highest BCUT2D eigenvalue weighted by atomic mass is 35.5. The van der Waals surface area contributed by atoms with Gasteiger partial charge in [0.15, 0.2) is 11.6 Å². The van der Waals surface area contributed by atoms with E-state index in [4.69, 9.17) is 11.6 Å². The monoisotopic (exact) mass is 356 g/mol. The van der Waals surface area contributed by atoms with E-state index < -0.39 is 0 Å². The summed E-state index contributed by atoms with van der Waals surface area (Å²) in [4.78, 5) is 16.9. The van der Waals surface area contributed by atoms with Crippen LogP contribution in [0, 0.1) is 0 Å². The van der Waals surface area contributed by atoms with Crippen molar-refractivity contribution >= 4 is 23.3 Å². The Labute approximate surface area is 149 Å². The Morgan fingerprint density at radius 2 is 2.24 bits per heavy atom. The number of carbonyl (C=O) groups excluding carboxylic acids is 1. The highest BCUT2D eigenvalue weighted by Gasteiger charge is 2.32. The molecule has 1 aliphatic rings. The van der Waals surface area contributed by atoms with Crippen LogP contribution in [0.15, 0.2) is 36.8 Å². The first-order valence-corrected chi connectivity index (χ1v) is 8.58. The lowest BCUT2D eigenvalue weighted by atomic mass is 10.1. The van der Waals surface area contributed by atoms with Gasteiger partial charge in [-0.15, -0.1) is 5.10 Å². The molecule has 0 radical (unpaired) electrons. The summed E-state index contributed by atoms with van der Waals surface area (Å²) in [5.74, 6) is 1.20. The maximum absolute atomic E-state index is 12.7. The Morgan fingerprint density at radius 1 is 1.40 bits per heavy atom. The number of amides is 1. The molecule has 8 heteroatoms. The van der Waals surface area contributed by atoms with Crippen LogP contribution in [0.5, 0.6) is 0 Å². The molecule has 1 saturated carbocycles. The topological polar surface area (TPSA) is 77.6 Å². The second kappa shape index (κ2) is 6.33. The summed E-state index contributed by atoms with van der Waals surface area (Å²) in [5.41, 5.74) is 1.64. The summed E-state index contributed by atoms with van der Waals surface area (Å²) in [6.45, 7) is 2.78. The fraction of sp³-hybridized carbons (Fsp3) is 0.294. The molecule has 0 saturated heterocycles. The Bertz CT molecular complexity index is 927. The molecule has 3 heterocycles. The number of nitrogens with one attached hydrogen (secondary N) is 1. The van der Waals surface area contributed by atoms with Crippen LogP contribution in [0.4, 0.5) is 5.82 Å². The summed E-state index contributed by atoms with van der Waals surface area (Å²) in [6.07, 6.45) is 7.21. The van der Waals surface area contributed by atoms with Crippen molar-refractivity contribution in [3.63, 3.8) is 0 Å². The van der Waals surface area contributed by atoms with Gasteiger partial charge in [0.25, 0.3) is 5.91 Å². The van der Waals surface area contributed by atoms with Crippen LogP contribution in [0.25, 0.3) is 5.82 Å². The third-order valence-electron chi connectivity index (χ3n) is 4.18. The Balaban J connectivity index is 1.56. The third-order valence-corrected chi connectivity index (χ3v) is 4.47. The van der Waals surface area contributed by atoms with E-state index in [0.29, 0.717) is 28.1 Å². The normalized spacial score (nSPS) is 13.8. The molecule has 1 aliphatic carbocycles. The fourth-order valence-corrected chi connectivity index (χ4v) is 3.06. The number of rotatable bonds is 5. The zero-order chi connectivity index (χ0) is 17.4. The average molecular weight is 357 g/mol. The lowest BCUT2D eigenvalue weighted by Crippen LogP contribution is -2.15. The summed E-state index contributed by atoms with van der Waals surface area (Å²) in [6, 6.07) is 5.21.